The third-order valence-electron chi connectivity index (χ3n) is 3.96. The molecule has 1 aliphatic heterocycles. The maximum atomic E-state index is 13.1. The summed E-state index contributed by atoms with van der Waals surface area (Å²) >= 11 is 1.65. The Balaban J connectivity index is 1.48. The predicted molar refractivity (Wildman–Crippen MR) is 87.2 cm³/mol. The van der Waals surface area contributed by atoms with E-state index in [9.17, 15) is 9.18 Å². The van der Waals surface area contributed by atoms with Crippen molar-refractivity contribution in [2.75, 3.05) is 19.7 Å². The molecular weight excluding hydrogens is 315 g/mol. The Morgan fingerprint density at radius 2 is 2.39 bits per heavy atom. The van der Waals surface area contributed by atoms with Gasteiger partial charge < -0.3 is 9.64 Å². The zero-order valence-electron chi connectivity index (χ0n) is 12.8. The van der Waals surface area contributed by atoms with Gasteiger partial charge >= 0.3 is 0 Å². The van der Waals surface area contributed by atoms with Crippen molar-refractivity contribution >= 4 is 17.2 Å². The smallest absolute Gasteiger partial charge is 0.226 e. The number of carbonyl (C=O) groups excluding carboxylic acids is 1. The van der Waals surface area contributed by atoms with Crippen molar-refractivity contribution in [2.45, 2.75) is 25.2 Å². The van der Waals surface area contributed by atoms with Crippen molar-refractivity contribution in [3.8, 4) is 5.75 Å². The van der Waals surface area contributed by atoms with Gasteiger partial charge in [-0.25, -0.2) is 9.37 Å². The van der Waals surface area contributed by atoms with E-state index in [0.717, 1.165) is 30.9 Å². The molecule has 1 fully saturated rings. The number of rotatable bonds is 5. The van der Waals surface area contributed by atoms with Crippen LogP contribution in [0.15, 0.2) is 35.8 Å². The first kappa shape index (κ1) is 15.9. The molecule has 1 atom stereocenters. The van der Waals surface area contributed by atoms with Crippen molar-refractivity contribution in [1.29, 1.82) is 0 Å². The van der Waals surface area contributed by atoms with Gasteiger partial charge in [0.15, 0.2) is 0 Å². The van der Waals surface area contributed by atoms with E-state index in [4.69, 9.17) is 4.74 Å². The first-order valence-corrected chi connectivity index (χ1v) is 8.66. The van der Waals surface area contributed by atoms with Gasteiger partial charge in [-0.05, 0) is 25.0 Å². The fourth-order valence-corrected chi connectivity index (χ4v) is 3.58. The molecule has 122 valence electrons. The Hall–Kier alpha value is -1.95. The molecule has 23 heavy (non-hydrogen) atoms. The molecule has 0 radical (unpaired) electrons. The summed E-state index contributed by atoms with van der Waals surface area (Å²) in [6, 6.07) is 5.97. The van der Waals surface area contributed by atoms with Crippen molar-refractivity contribution in [3.63, 3.8) is 0 Å². The summed E-state index contributed by atoms with van der Waals surface area (Å²) in [6.07, 6.45) is 4.20. The molecule has 0 spiro atoms. The average Bonchev–Trinajstić information content (AvgIpc) is 3.09. The molecule has 4 nitrogen and oxygen atoms in total. The normalized spacial score (nSPS) is 18.0. The lowest BCUT2D eigenvalue weighted by molar-refractivity contribution is -0.132. The molecule has 0 bridgehead atoms. The fourth-order valence-electron chi connectivity index (χ4n) is 2.81. The van der Waals surface area contributed by atoms with Crippen LogP contribution in [0.25, 0.3) is 0 Å². The van der Waals surface area contributed by atoms with Gasteiger partial charge in [0, 0.05) is 36.7 Å². The number of aromatic nitrogens is 1. The van der Waals surface area contributed by atoms with Crippen LogP contribution < -0.4 is 4.74 Å². The van der Waals surface area contributed by atoms with Crippen LogP contribution in [0.5, 0.6) is 5.75 Å². The number of likely N-dealkylation sites (tertiary alicyclic amines) is 1. The third kappa shape index (κ3) is 4.28. The van der Waals surface area contributed by atoms with Crippen molar-refractivity contribution in [2.24, 2.45) is 0 Å². The highest BCUT2D eigenvalue weighted by Gasteiger charge is 2.25. The number of hydrogen-bond acceptors (Lipinski definition) is 4. The van der Waals surface area contributed by atoms with Crippen LogP contribution in [-0.2, 0) is 4.79 Å². The molecule has 6 heteroatoms. The number of thiazole rings is 1. The molecule has 1 aliphatic rings. The number of carbonyl (C=O) groups is 1. The number of amides is 1. The molecule has 1 aromatic heterocycles. The summed E-state index contributed by atoms with van der Waals surface area (Å²) in [6.45, 7) is 1.79. The first-order valence-electron chi connectivity index (χ1n) is 7.78. The Bertz CT molecular complexity index is 648. The van der Waals surface area contributed by atoms with E-state index in [-0.39, 0.29) is 18.3 Å². The first-order chi connectivity index (χ1) is 11.2. The largest absolute Gasteiger partial charge is 0.493 e. The lowest BCUT2D eigenvalue weighted by atomic mass is 9.98. The quantitative estimate of drug-likeness (QED) is 0.841. The van der Waals surface area contributed by atoms with E-state index in [1.807, 2.05) is 16.5 Å². The number of piperidine rings is 1. The summed E-state index contributed by atoms with van der Waals surface area (Å²) in [7, 11) is 0. The molecule has 0 N–H and O–H groups in total. The van der Waals surface area contributed by atoms with Crippen LogP contribution in [-0.4, -0.2) is 35.5 Å². The second-order valence-corrected chi connectivity index (χ2v) is 6.53. The standard InChI is InChI=1S/C17H19FN2O2S/c18-14-4-1-5-15(11-14)22-9-6-16(21)20-8-2-3-13(12-20)17-19-7-10-23-17/h1,4-5,7,10-11,13H,2-3,6,8-9,12H2/t13-/m0/s1. The van der Waals surface area contributed by atoms with Crippen LogP contribution >= 0.6 is 11.3 Å². The van der Waals surface area contributed by atoms with Crippen LogP contribution in [0.1, 0.15) is 30.2 Å². The van der Waals surface area contributed by atoms with Crippen LogP contribution in [0.2, 0.25) is 0 Å². The van der Waals surface area contributed by atoms with E-state index >= 15 is 0 Å². The van der Waals surface area contributed by atoms with E-state index < -0.39 is 0 Å². The number of halogens is 1. The number of benzene rings is 1. The van der Waals surface area contributed by atoms with Gasteiger partial charge in [0.25, 0.3) is 0 Å². The minimum absolute atomic E-state index is 0.0858. The lowest BCUT2D eigenvalue weighted by Gasteiger charge is -2.31. The van der Waals surface area contributed by atoms with Gasteiger partial charge in [-0.1, -0.05) is 6.07 Å². The van der Waals surface area contributed by atoms with Gasteiger partial charge in [0.2, 0.25) is 5.91 Å². The zero-order valence-corrected chi connectivity index (χ0v) is 13.6. The zero-order chi connectivity index (χ0) is 16.1. The van der Waals surface area contributed by atoms with Gasteiger partial charge in [-0.3, -0.25) is 4.79 Å². The Labute approximate surface area is 138 Å². The maximum absolute atomic E-state index is 13.1. The van der Waals surface area contributed by atoms with Gasteiger partial charge in [-0.15, -0.1) is 11.3 Å². The van der Waals surface area contributed by atoms with Crippen LogP contribution in [0.4, 0.5) is 4.39 Å². The number of ether oxygens (including phenoxy) is 1. The third-order valence-corrected chi connectivity index (χ3v) is 4.89. The topological polar surface area (TPSA) is 42.4 Å². The van der Waals surface area contributed by atoms with E-state index in [0.29, 0.717) is 18.1 Å². The van der Waals surface area contributed by atoms with Crippen molar-refractivity contribution in [1.82, 2.24) is 9.88 Å². The summed E-state index contributed by atoms with van der Waals surface area (Å²) in [4.78, 5) is 18.6. The molecule has 3 rings (SSSR count). The molecule has 2 heterocycles. The molecule has 0 saturated carbocycles. The highest BCUT2D eigenvalue weighted by atomic mass is 32.1. The summed E-state index contributed by atoms with van der Waals surface area (Å²) in [5, 5.41) is 3.08. The highest BCUT2D eigenvalue weighted by Crippen LogP contribution is 2.28. The SMILES string of the molecule is O=C(CCOc1cccc(F)c1)N1CCC[C@H](c2nccs2)C1. The van der Waals surface area contributed by atoms with E-state index in [1.165, 1.54) is 12.1 Å². The second-order valence-electron chi connectivity index (χ2n) is 5.61. The van der Waals surface area contributed by atoms with Gasteiger partial charge in [-0.2, -0.15) is 0 Å². The highest BCUT2D eigenvalue weighted by molar-refractivity contribution is 7.09. The number of nitrogens with zero attached hydrogens (tertiary/aromatic N) is 2. The maximum Gasteiger partial charge on any atom is 0.226 e. The molecule has 1 saturated heterocycles. The van der Waals surface area contributed by atoms with Crippen LogP contribution in [0, 0.1) is 5.82 Å². The molecule has 1 aromatic carbocycles. The van der Waals surface area contributed by atoms with E-state index in [2.05, 4.69) is 4.98 Å². The number of hydrogen-bond donors (Lipinski definition) is 0. The molecule has 1 amide bonds. The molecule has 2 aromatic rings. The van der Waals surface area contributed by atoms with Crippen molar-refractivity contribution < 1.29 is 13.9 Å². The molecule has 0 unspecified atom stereocenters. The van der Waals surface area contributed by atoms with Gasteiger partial charge in [0.05, 0.1) is 18.0 Å². The van der Waals surface area contributed by atoms with E-state index in [1.54, 1.807) is 23.5 Å². The second kappa shape index (κ2) is 7.55. The predicted octanol–water partition coefficient (Wildman–Crippen LogP) is 3.46. The Morgan fingerprint density at radius 3 is 3.17 bits per heavy atom. The monoisotopic (exact) mass is 334 g/mol. The minimum Gasteiger partial charge on any atom is -0.493 e. The average molecular weight is 334 g/mol. The van der Waals surface area contributed by atoms with Crippen LogP contribution in [0.3, 0.4) is 0 Å². The summed E-state index contributed by atoms with van der Waals surface area (Å²) in [5.41, 5.74) is 0. The summed E-state index contributed by atoms with van der Waals surface area (Å²) in [5.74, 6) is 0.549. The molecule has 0 aliphatic carbocycles. The fraction of sp³-hybridized carbons (Fsp3) is 0.412. The summed E-state index contributed by atoms with van der Waals surface area (Å²) < 4.78 is 18.5. The Kier molecular flexibility index (Phi) is 5.23. The lowest BCUT2D eigenvalue weighted by Crippen LogP contribution is -2.39. The van der Waals surface area contributed by atoms with Crippen molar-refractivity contribution in [3.05, 3.63) is 46.7 Å². The molecular formula is C17H19FN2O2S. The Morgan fingerprint density at radius 1 is 1.48 bits per heavy atom. The minimum atomic E-state index is -0.337. The van der Waals surface area contributed by atoms with Gasteiger partial charge in [0.1, 0.15) is 11.6 Å².